The normalized spacial score (nSPS) is 15.8. The third kappa shape index (κ3) is 6.40. The molecule has 0 bridgehead atoms. The largest absolute Gasteiger partial charge is 0.416 e. The van der Waals surface area contributed by atoms with E-state index in [0.29, 0.717) is 36.0 Å². The van der Waals surface area contributed by atoms with Gasteiger partial charge in [0.05, 0.1) is 36.9 Å². The van der Waals surface area contributed by atoms with Crippen molar-refractivity contribution in [3.63, 3.8) is 0 Å². The molecule has 1 saturated heterocycles. The van der Waals surface area contributed by atoms with Gasteiger partial charge in [-0.05, 0) is 17.7 Å². The van der Waals surface area contributed by atoms with Gasteiger partial charge in [0, 0.05) is 30.6 Å². The Labute approximate surface area is 194 Å². The van der Waals surface area contributed by atoms with Crippen LogP contribution in [0.3, 0.4) is 0 Å². The molecule has 0 radical (unpaired) electrons. The van der Waals surface area contributed by atoms with E-state index in [-0.39, 0.29) is 18.4 Å². The molecule has 1 aliphatic rings. The SMILES string of the molecule is O=C(Cc1csc(-c2ccc(C(F)(F)F)cc2)n1)NC(CN1CCOCC1)c1ccccc1. The molecule has 174 valence electrons. The molecule has 1 N–H and O–H groups in total. The van der Waals surface area contributed by atoms with E-state index in [2.05, 4.69) is 15.2 Å². The number of hydrogen-bond donors (Lipinski definition) is 1. The number of carbonyl (C=O) groups excluding carboxylic acids is 1. The maximum Gasteiger partial charge on any atom is 0.416 e. The molecule has 5 nitrogen and oxygen atoms in total. The third-order valence-corrected chi connectivity index (χ3v) is 6.37. The van der Waals surface area contributed by atoms with Crippen molar-refractivity contribution < 1.29 is 22.7 Å². The van der Waals surface area contributed by atoms with Crippen LogP contribution in [-0.2, 0) is 22.1 Å². The molecule has 4 rings (SSSR count). The molecule has 1 amide bonds. The first-order valence-corrected chi connectivity index (χ1v) is 11.5. The third-order valence-electron chi connectivity index (χ3n) is 5.43. The van der Waals surface area contributed by atoms with Crippen LogP contribution in [0, 0.1) is 0 Å². The fourth-order valence-electron chi connectivity index (χ4n) is 3.69. The zero-order valence-corrected chi connectivity index (χ0v) is 18.7. The Morgan fingerprint density at radius 1 is 1.09 bits per heavy atom. The lowest BCUT2D eigenvalue weighted by Gasteiger charge is -2.31. The summed E-state index contributed by atoms with van der Waals surface area (Å²) in [7, 11) is 0. The van der Waals surface area contributed by atoms with E-state index in [4.69, 9.17) is 4.74 Å². The fraction of sp³-hybridized carbons (Fsp3) is 0.333. The molecular formula is C24H24F3N3O2S. The van der Waals surface area contributed by atoms with Crippen molar-refractivity contribution in [3.8, 4) is 10.6 Å². The van der Waals surface area contributed by atoms with Gasteiger partial charge < -0.3 is 10.1 Å². The molecule has 2 aromatic carbocycles. The number of hydrogen-bond acceptors (Lipinski definition) is 5. The molecule has 3 aromatic rings. The van der Waals surface area contributed by atoms with Gasteiger partial charge in [-0.2, -0.15) is 13.2 Å². The van der Waals surface area contributed by atoms with Crippen molar-refractivity contribution in [2.45, 2.75) is 18.6 Å². The van der Waals surface area contributed by atoms with Crippen LogP contribution < -0.4 is 5.32 Å². The number of halogens is 3. The minimum absolute atomic E-state index is 0.101. The predicted octanol–water partition coefficient (Wildman–Crippen LogP) is 4.56. The quantitative estimate of drug-likeness (QED) is 0.544. The summed E-state index contributed by atoms with van der Waals surface area (Å²) in [4.78, 5) is 19.6. The van der Waals surface area contributed by atoms with Crippen LogP contribution in [0.15, 0.2) is 60.0 Å². The van der Waals surface area contributed by atoms with Gasteiger partial charge >= 0.3 is 6.18 Å². The van der Waals surface area contributed by atoms with Crippen molar-refractivity contribution >= 4 is 17.2 Å². The van der Waals surface area contributed by atoms with Crippen LogP contribution in [0.5, 0.6) is 0 Å². The lowest BCUT2D eigenvalue weighted by Crippen LogP contribution is -2.43. The first kappa shape index (κ1) is 23.4. The lowest BCUT2D eigenvalue weighted by atomic mass is 10.1. The number of benzene rings is 2. The first-order valence-electron chi connectivity index (χ1n) is 10.6. The summed E-state index contributed by atoms with van der Waals surface area (Å²) in [6.45, 7) is 3.69. The summed E-state index contributed by atoms with van der Waals surface area (Å²) in [5, 5.41) is 5.47. The highest BCUT2D eigenvalue weighted by Gasteiger charge is 2.30. The highest BCUT2D eigenvalue weighted by atomic mass is 32.1. The Hall–Kier alpha value is -2.75. The van der Waals surface area contributed by atoms with Crippen LogP contribution in [0.4, 0.5) is 13.2 Å². The summed E-state index contributed by atoms with van der Waals surface area (Å²) in [6.07, 6.45) is -4.27. The average molecular weight is 476 g/mol. The zero-order valence-electron chi connectivity index (χ0n) is 17.8. The predicted molar refractivity (Wildman–Crippen MR) is 121 cm³/mol. The first-order chi connectivity index (χ1) is 15.9. The van der Waals surface area contributed by atoms with E-state index in [0.717, 1.165) is 30.8 Å². The van der Waals surface area contributed by atoms with Gasteiger partial charge in [-0.3, -0.25) is 9.69 Å². The number of aromatic nitrogens is 1. The molecule has 1 aliphatic heterocycles. The van der Waals surface area contributed by atoms with Crippen LogP contribution in [0.2, 0.25) is 0 Å². The average Bonchev–Trinajstić information content (AvgIpc) is 3.28. The highest BCUT2D eigenvalue weighted by molar-refractivity contribution is 7.13. The summed E-state index contributed by atoms with van der Waals surface area (Å²) < 4.78 is 43.8. The molecule has 1 unspecified atom stereocenters. The van der Waals surface area contributed by atoms with Crippen molar-refractivity contribution in [3.05, 3.63) is 76.8 Å². The van der Waals surface area contributed by atoms with Gasteiger partial charge in [-0.15, -0.1) is 11.3 Å². The monoisotopic (exact) mass is 475 g/mol. The van der Waals surface area contributed by atoms with Gasteiger partial charge in [-0.25, -0.2) is 4.98 Å². The van der Waals surface area contributed by atoms with E-state index >= 15 is 0 Å². The maximum absolute atomic E-state index is 12.8. The second kappa shape index (κ2) is 10.5. The number of nitrogens with one attached hydrogen (secondary N) is 1. The summed E-state index contributed by atoms with van der Waals surface area (Å²) in [6, 6.07) is 14.6. The molecule has 0 saturated carbocycles. The van der Waals surface area contributed by atoms with Gasteiger partial charge in [0.2, 0.25) is 5.91 Å². The summed E-state index contributed by atoms with van der Waals surface area (Å²) in [5.41, 5.74) is 1.51. The Balaban J connectivity index is 1.41. The number of thiazole rings is 1. The number of nitrogens with zero attached hydrogens (tertiary/aromatic N) is 2. The molecule has 33 heavy (non-hydrogen) atoms. The summed E-state index contributed by atoms with van der Waals surface area (Å²) in [5.74, 6) is -0.151. The maximum atomic E-state index is 12.8. The molecular weight excluding hydrogens is 451 g/mol. The molecule has 2 heterocycles. The Bertz CT molecular complexity index is 1050. The number of morpholine rings is 1. The molecule has 1 fully saturated rings. The fourth-order valence-corrected chi connectivity index (χ4v) is 4.52. The van der Waals surface area contributed by atoms with Crippen molar-refractivity contribution in [2.24, 2.45) is 0 Å². The molecule has 1 aromatic heterocycles. The second-order valence-electron chi connectivity index (χ2n) is 7.84. The van der Waals surface area contributed by atoms with Crippen LogP contribution in [0.1, 0.15) is 22.9 Å². The van der Waals surface area contributed by atoms with E-state index in [1.165, 1.54) is 23.5 Å². The van der Waals surface area contributed by atoms with E-state index in [1.807, 2.05) is 30.3 Å². The number of ether oxygens (including phenoxy) is 1. The van der Waals surface area contributed by atoms with Crippen LogP contribution in [0.25, 0.3) is 10.6 Å². The Kier molecular flexibility index (Phi) is 7.42. The van der Waals surface area contributed by atoms with Gasteiger partial charge in [-0.1, -0.05) is 42.5 Å². The minimum atomic E-state index is -4.37. The number of alkyl halides is 3. The highest BCUT2D eigenvalue weighted by Crippen LogP contribution is 2.31. The number of rotatable bonds is 7. The minimum Gasteiger partial charge on any atom is -0.379 e. The Morgan fingerprint density at radius 3 is 2.45 bits per heavy atom. The summed E-state index contributed by atoms with van der Waals surface area (Å²) >= 11 is 1.31. The molecule has 1 atom stereocenters. The van der Waals surface area contributed by atoms with Crippen molar-refractivity contribution in [1.29, 1.82) is 0 Å². The molecule has 0 aliphatic carbocycles. The van der Waals surface area contributed by atoms with E-state index < -0.39 is 11.7 Å². The Morgan fingerprint density at radius 2 is 1.79 bits per heavy atom. The van der Waals surface area contributed by atoms with E-state index in [1.54, 1.807) is 5.38 Å². The topological polar surface area (TPSA) is 54.5 Å². The lowest BCUT2D eigenvalue weighted by molar-refractivity contribution is -0.137. The smallest absolute Gasteiger partial charge is 0.379 e. The molecule has 0 spiro atoms. The van der Waals surface area contributed by atoms with Crippen molar-refractivity contribution in [2.75, 3.05) is 32.8 Å². The molecule has 9 heteroatoms. The van der Waals surface area contributed by atoms with Crippen LogP contribution >= 0.6 is 11.3 Å². The van der Waals surface area contributed by atoms with Crippen molar-refractivity contribution in [1.82, 2.24) is 15.2 Å². The van der Waals surface area contributed by atoms with E-state index in [9.17, 15) is 18.0 Å². The zero-order chi connectivity index (χ0) is 23.3. The van der Waals surface area contributed by atoms with Crippen LogP contribution in [-0.4, -0.2) is 48.6 Å². The van der Waals surface area contributed by atoms with Gasteiger partial charge in [0.1, 0.15) is 5.01 Å². The number of carbonyl (C=O) groups is 1. The second-order valence-corrected chi connectivity index (χ2v) is 8.70. The van der Waals surface area contributed by atoms with Gasteiger partial charge in [0.25, 0.3) is 0 Å². The standard InChI is InChI=1S/C24H24F3N3O2S/c25-24(26,27)19-8-6-18(7-9-19)23-28-20(16-33-23)14-22(31)29-21(17-4-2-1-3-5-17)15-30-10-12-32-13-11-30/h1-9,16,21H,10-15H2,(H,29,31). The number of amides is 1. The van der Waals surface area contributed by atoms with Gasteiger partial charge in [0.15, 0.2) is 0 Å².